The summed E-state index contributed by atoms with van der Waals surface area (Å²) in [6, 6.07) is -0.542. The van der Waals surface area contributed by atoms with Gasteiger partial charge in [-0.2, -0.15) is 0 Å². The summed E-state index contributed by atoms with van der Waals surface area (Å²) in [5.74, 6) is -0.0244. The zero-order chi connectivity index (χ0) is 52.2. The summed E-state index contributed by atoms with van der Waals surface area (Å²) in [5, 5.41) is 23.2. The molecule has 0 spiro atoms. The molecule has 6 nitrogen and oxygen atoms in total. The third-order valence-corrected chi connectivity index (χ3v) is 15.2. The van der Waals surface area contributed by atoms with E-state index >= 15 is 0 Å². The van der Waals surface area contributed by atoms with Crippen LogP contribution >= 0.6 is 0 Å². The lowest BCUT2D eigenvalue weighted by atomic mass is 10.0. The van der Waals surface area contributed by atoms with E-state index in [2.05, 4.69) is 43.5 Å². The normalized spacial score (nSPS) is 12.7. The molecule has 0 radical (unpaired) electrons. The zero-order valence-electron chi connectivity index (χ0n) is 48.7. The Bertz CT molecular complexity index is 1120. The van der Waals surface area contributed by atoms with Crippen LogP contribution in [0.1, 0.15) is 361 Å². The SMILES string of the molecule is CCCCCCCC/C=C\CCCCCCCCCCCC(=O)OCCCCCCCCCCCCCC/C=C\CCCCCCCCCCCC(=O)NC(CO)C(O)CCCCCCCCCCCCC. The van der Waals surface area contributed by atoms with Crippen molar-refractivity contribution in [3.8, 4) is 0 Å². The number of allylic oxidation sites excluding steroid dienone is 4. The number of rotatable bonds is 61. The lowest BCUT2D eigenvalue weighted by Crippen LogP contribution is -2.45. The van der Waals surface area contributed by atoms with Crippen LogP contribution in [0.2, 0.25) is 0 Å². The minimum atomic E-state index is -0.664. The number of unbranched alkanes of at least 4 members (excludes halogenated alkanes) is 46. The van der Waals surface area contributed by atoms with Crippen LogP contribution in [0.25, 0.3) is 0 Å². The van der Waals surface area contributed by atoms with Gasteiger partial charge in [0.25, 0.3) is 0 Å². The largest absolute Gasteiger partial charge is 0.466 e. The molecule has 0 aromatic heterocycles. The number of aliphatic hydroxyl groups excluding tert-OH is 2. The predicted molar refractivity (Wildman–Crippen MR) is 315 cm³/mol. The second-order valence-electron chi connectivity index (χ2n) is 22.4. The van der Waals surface area contributed by atoms with E-state index in [0.717, 1.165) is 44.9 Å². The molecule has 0 fully saturated rings. The molecule has 0 aliphatic rings. The monoisotopic (exact) mass is 1010 g/mol. The van der Waals surface area contributed by atoms with Crippen molar-refractivity contribution in [2.24, 2.45) is 0 Å². The lowest BCUT2D eigenvalue weighted by molar-refractivity contribution is -0.143. The molecule has 3 N–H and O–H groups in total. The van der Waals surface area contributed by atoms with Crippen molar-refractivity contribution >= 4 is 11.9 Å². The van der Waals surface area contributed by atoms with Gasteiger partial charge < -0.3 is 20.3 Å². The van der Waals surface area contributed by atoms with Crippen molar-refractivity contribution in [3.63, 3.8) is 0 Å². The van der Waals surface area contributed by atoms with E-state index in [-0.39, 0.29) is 18.5 Å². The van der Waals surface area contributed by atoms with Crippen LogP contribution in [0, 0.1) is 0 Å². The molecule has 72 heavy (non-hydrogen) atoms. The highest BCUT2D eigenvalue weighted by atomic mass is 16.5. The molecule has 6 heteroatoms. The Labute approximate surface area is 450 Å². The summed E-state index contributed by atoms with van der Waals surface area (Å²) in [6.07, 6.45) is 76.4. The molecule has 0 saturated carbocycles. The summed E-state index contributed by atoms with van der Waals surface area (Å²) in [7, 11) is 0. The number of ether oxygens (including phenoxy) is 1. The number of hydrogen-bond donors (Lipinski definition) is 3. The van der Waals surface area contributed by atoms with Crippen molar-refractivity contribution in [3.05, 3.63) is 24.3 Å². The van der Waals surface area contributed by atoms with E-state index in [1.807, 2.05) is 0 Å². The van der Waals surface area contributed by atoms with Gasteiger partial charge in [0.15, 0.2) is 0 Å². The molecule has 0 aliphatic heterocycles. The fourth-order valence-corrected chi connectivity index (χ4v) is 10.2. The summed E-state index contributed by atoms with van der Waals surface area (Å²) in [4.78, 5) is 24.5. The lowest BCUT2D eigenvalue weighted by Gasteiger charge is -2.22. The molecular formula is C66H127NO5. The van der Waals surface area contributed by atoms with Crippen molar-refractivity contribution in [1.82, 2.24) is 5.32 Å². The zero-order valence-corrected chi connectivity index (χ0v) is 48.7. The average molecular weight is 1010 g/mol. The van der Waals surface area contributed by atoms with Gasteiger partial charge in [-0.05, 0) is 77.0 Å². The summed E-state index contributed by atoms with van der Waals surface area (Å²) in [6.45, 7) is 4.96. The number of carbonyl (C=O) groups is 2. The van der Waals surface area contributed by atoms with E-state index in [1.54, 1.807) is 0 Å². The Morgan fingerprint density at radius 3 is 0.986 bits per heavy atom. The van der Waals surface area contributed by atoms with Crippen LogP contribution in [0.4, 0.5) is 0 Å². The van der Waals surface area contributed by atoms with E-state index in [1.165, 1.54) is 283 Å². The van der Waals surface area contributed by atoms with E-state index in [4.69, 9.17) is 4.74 Å². The topological polar surface area (TPSA) is 95.9 Å². The third-order valence-electron chi connectivity index (χ3n) is 15.2. The number of amides is 1. The Hall–Kier alpha value is -1.66. The fourth-order valence-electron chi connectivity index (χ4n) is 10.2. The molecule has 2 atom stereocenters. The molecule has 0 aliphatic carbocycles. The first-order valence-corrected chi connectivity index (χ1v) is 32.6. The highest BCUT2D eigenvalue weighted by Gasteiger charge is 2.20. The molecule has 426 valence electrons. The first-order chi connectivity index (χ1) is 35.5. The Kier molecular flexibility index (Phi) is 60.5. The van der Waals surface area contributed by atoms with Gasteiger partial charge in [0.1, 0.15) is 0 Å². The maximum absolute atomic E-state index is 12.4. The van der Waals surface area contributed by atoms with Crippen LogP contribution in [0.15, 0.2) is 24.3 Å². The Morgan fingerprint density at radius 2 is 0.653 bits per heavy atom. The van der Waals surface area contributed by atoms with Crippen molar-refractivity contribution in [2.45, 2.75) is 373 Å². The molecule has 2 unspecified atom stereocenters. The highest BCUT2D eigenvalue weighted by Crippen LogP contribution is 2.18. The van der Waals surface area contributed by atoms with Crippen LogP contribution in [0.5, 0.6) is 0 Å². The second-order valence-corrected chi connectivity index (χ2v) is 22.4. The molecule has 0 saturated heterocycles. The maximum Gasteiger partial charge on any atom is 0.305 e. The minimum absolute atomic E-state index is 0.0135. The number of carbonyl (C=O) groups excluding carboxylic acids is 2. The minimum Gasteiger partial charge on any atom is -0.466 e. The van der Waals surface area contributed by atoms with Gasteiger partial charge in [0, 0.05) is 12.8 Å². The van der Waals surface area contributed by atoms with Crippen molar-refractivity contribution in [1.29, 1.82) is 0 Å². The van der Waals surface area contributed by atoms with Gasteiger partial charge in [-0.3, -0.25) is 9.59 Å². The van der Waals surface area contributed by atoms with Crippen LogP contribution in [-0.2, 0) is 14.3 Å². The Morgan fingerprint density at radius 1 is 0.375 bits per heavy atom. The predicted octanol–water partition coefficient (Wildman–Crippen LogP) is 20.6. The second kappa shape index (κ2) is 61.9. The van der Waals surface area contributed by atoms with Gasteiger partial charge in [0.2, 0.25) is 5.91 Å². The van der Waals surface area contributed by atoms with Crippen LogP contribution in [0.3, 0.4) is 0 Å². The van der Waals surface area contributed by atoms with Gasteiger partial charge in [-0.15, -0.1) is 0 Å². The number of nitrogens with one attached hydrogen (secondary N) is 1. The summed E-state index contributed by atoms with van der Waals surface area (Å²) in [5.41, 5.74) is 0. The van der Waals surface area contributed by atoms with Gasteiger partial charge >= 0.3 is 5.97 Å². The quantitative estimate of drug-likeness (QED) is 0.0320. The van der Waals surface area contributed by atoms with Gasteiger partial charge in [-0.1, -0.05) is 295 Å². The number of hydrogen-bond acceptors (Lipinski definition) is 5. The van der Waals surface area contributed by atoms with E-state index in [0.29, 0.717) is 25.9 Å². The molecule has 0 aromatic carbocycles. The standard InChI is InChI=1S/C66H127NO5/c1-3-5-7-9-11-13-15-16-17-18-26-30-33-36-40-44-48-52-56-60-66(71)72-61-57-53-49-45-41-37-34-31-28-25-23-21-19-20-22-24-27-29-32-35-39-43-47-51-55-59-65(70)67-63(62-68)64(69)58-54-50-46-42-38-14-12-10-8-6-4-2/h16-17,20,22,63-64,68-69H,3-15,18-19,21,23-62H2,1-2H3,(H,67,70)/b17-16-,22-20-. The fraction of sp³-hybridized carbons (Fsp3) is 0.909. The number of aliphatic hydroxyl groups is 2. The highest BCUT2D eigenvalue weighted by molar-refractivity contribution is 5.76. The third kappa shape index (κ3) is 57.6. The maximum atomic E-state index is 12.4. The molecular weight excluding hydrogens is 887 g/mol. The first-order valence-electron chi connectivity index (χ1n) is 32.6. The van der Waals surface area contributed by atoms with Gasteiger partial charge in [-0.25, -0.2) is 0 Å². The molecule has 1 amide bonds. The average Bonchev–Trinajstić information content (AvgIpc) is 3.38. The smallest absolute Gasteiger partial charge is 0.305 e. The van der Waals surface area contributed by atoms with E-state index < -0.39 is 12.1 Å². The van der Waals surface area contributed by atoms with Crippen molar-refractivity contribution in [2.75, 3.05) is 13.2 Å². The molecule has 0 rings (SSSR count). The van der Waals surface area contributed by atoms with Crippen molar-refractivity contribution < 1.29 is 24.5 Å². The molecule has 0 bridgehead atoms. The van der Waals surface area contributed by atoms with Gasteiger partial charge in [0.05, 0.1) is 25.4 Å². The Balaban J connectivity index is 3.36. The van der Waals surface area contributed by atoms with Crippen LogP contribution in [-0.4, -0.2) is 47.4 Å². The van der Waals surface area contributed by atoms with Crippen LogP contribution < -0.4 is 5.32 Å². The summed E-state index contributed by atoms with van der Waals surface area (Å²) < 4.78 is 5.50. The summed E-state index contributed by atoms with van der Waals surface area (Å²) >= 11 is 0. The molecule has 0 heterocycles. The van der Waals surface area contributed by atoms with E-state index in [9.17, 15) is 19.8 Å². The molecule has 0 aromatic rings. The first kappa shape index (κ1) is 70.3. The number of esters is 1.